The van der Waals surface area contributed by atoms with Crippen LogP contribution in [0, 0.1) is 29.1 Å². The van der Waals surface area contributed by atoms with Crippen LogP contribution in [0.2, 0.25) is 0 Å². The number of likely N-dealkylation sites (N-methyl/N-ethyl adjacent to an activating group) is 1. The Bertz CT molecular complexity index is 330. The Hall–Kier alpha value is -0.960. The quantitative estimate of drug-likeness (QED) is 0.534. The van der Waals surface area contributed by atoms with E-state index in [2.05, 4.69) is 61.6 Å². The summed E-state index contributed by atoms with van der Waals surface area (Å²) in [5.74, 6) is 12.2. The molecule has 0 unspecified atom stereocenters. The summed E-state index contributed by atoms with van der Waals surface area (Å²) in [5, 5.41) is 3.19. The smallest absolute Gasteiger partial charge is 0.0612 e. The van der Waals surface area contributed by atoms with Gasteiger partial charge in [0.15, 0.2) is 0 Å². The van der Waals surface area contributed by atoms with Crippen LogP contribution in [0.4, 0.5) is 0 Å². The third-order valence-corrected chi connectivity index (χ3v) is 2.65. The summed E-state index contributed by atoms with van der Waals surface area (Å²) in [7, 11) is 1.99. The molecule has 0 atom stereocenters. The molecule has 0 aliphatic heterocycles. The van der Waals surface area contributed by atoms with Crippen LogP contribution in [0.5, 0.6) is 0 Å². The lowest BCUT2D eigenvalue weighted by molar-refractivity contribution is 0.301. The van der Waals surface area contributed by atoms with E-state index in [0.29, 0.717) is 0 Å². The van der Waals surface area contributed by atoms with Crippen molar-refractivity contribution in [3.8, 4) is 23.7 Å². The van der Waals surface area contributed by atoms with Crippen LogP contribution in [-0.4, -0.2) is 38.1 Å². The van der Waals surface area contributed by atoms with Crippen molar-refractivity contribution < 1.29 is 0 Å². The molecule has 0 spiro atoms. The average molecular weight is 262 g/mol. The van der Waals surface area contributed by atoms with Crippen LogP contribution in [0.25, 0.3) is 0 Å². The van der Waals surface area contributed by atoms with Gasteiger partial charge in [-0.25, -0.2) is 0 Å². The van der Waals surface area contributed by atoms with E-state index in [1.54, 1.807) is 0 Å². The van der Waals surface area contributed by atoms with Crippen molar-refractivity contribution in [2.75, 3.05) is 33.2 Å². The predicted molar refractivity (Wildman–Crippen MR) is 84.9 cm³/mol. The maximum absolute atomic E-state index is 3.19. The second-order valence-corrected chi connectivity index (χ2v) is 5.89. The molecular formula is C17H30N2. The molecule has 0 heterocycles. The minimum absolute atomic E-state index is 0.0433. The summed E-state index contributed by atoms with van der Waals surface area (Å²) in [5.41, 5.74) is 0.0433. The fraction of sp³-hybridized carbons (Fsp3) is 0.765. The standard InChI is InChI=1S/C17H30N2/c1-6-7-10-14-19(16-13-18-5)15-11-8-9-12-17(2,3)4/h18H,6-7,10,13-16H2,1-5H3. The van der Waals surface area contributed by atoms with E-state index in [-0.39, 0.29) is 5.41 Å². The molecule has 0 aliphatic carbocycles. The zero-order chi connectivity index (χ0) is 14.6. The van der Waals surface area contributed by atoms with Crippen molar-refractivity contribution >= 4 is 0 Å². The van der Waals surface area contributed by atoms with Gasteiger partial charge in [-0.15, -0.1) is 0 Å². The second kappa shape index (κ2) is 10.9. The molecule has 2 nitrogen and oxygen atoms in total. The van der Waals surface area contributed by atoms with E-state index in [4.69, 9.17) is 0 Å². The van der Waals surface area contributed by atoms with E-state index < -0.39 is 0 Å². The lowest BCUT2D eigenvalue weighted by Gasteiger charge is -2.19. The van der Waals surface area contributed by atoms with Crippen LogP contribution in [0.3, 0.4) is 0 Å². The maximum atomic E-state index is 3.19. The molecule has 0 rings (SSSR count). The topological polar surface area (TPSA) is 15.3 Å². The monoisotopic (exact) mass is 262 g/mol. The summed E-state index contributed by atoms with van der Waals surface area (Å²) in [6, 6.07) is 0. The summed E-state index contributed by atoms with van der Waals surface area (Å²) in [4.78, 5) is 2.40. The Morgan fingerprint density at radius 2 is 1.79 bits per heavy atom. The van der Waals surface area contributed by atoms with Gasteiger partial charge in [-0.2, -0.15) is 0 Å². The van der Waals surface area contributed by atoms with E-state index in [0.717, 1.165) is 26.2 Å². The Morgan fingerprint density at radius 1 is 1.05 bits per heavy atom. The lowest BCUT2D eigenvalue weighted by atomic mass is 9.98. The molecule has 0 radical (unpaired) electrons. The lowest BCUT2D eigenvalue weighted by Crippen LogP contribution is -2.32. The third-order valence-electron chi connectivity index (χ3n) is 2.65. The second-order valence-electron chi connectivity index (χ2n) is 5.89. The first kappa shape index (κ1) is 18.0. The Kier molecular flexibility index (Phi) is 10.4. The minimum atomic E-state index is 0.0433. The number of hydrogen-bond acceptors (Lipinski definition) is 2. The van der Waals surface area contributed by atoms with E-state index in [1.807, 2.05) is 7.05 Å². The fourth-order valence-electron chi connectivity index (χ4n) is 1.54. The first-order chi connectivity index (χ1) is 8.99. The highest BCUT2D eigenvalue weighted by molar-refractivity contribution is 5.28. The van der Waals surface area contributed by atoms with Crippen molar-refractivity contribution in [1.82, 2.24) is 10.2 Å². The van der Waals surface area contributed by atoms with Gasteiger partial charge in [-0.05, 0) is 52.6 Å². The number of rotatable bonds is 8. The zero-order valence-electron chi connectivity index (χ0n) is 13.4. The Morgan fingerprint density at radius 3 is 2.37 bits per heavy atom. The van der Waals surface area contributed by atoms with E-state index in [1.165, 1.54) is 19.3 Å². The van der Waals surface area contributed by atoms with Crippen LogP contribution in [-0.2, 0) is 0 Å². The maximum Gasteiger partial charge on any atom is 0.0612 e. The van der Waals surface area contributed by atoms with Crippen molar-refractivity contribution in [3.05, 3.63) is 0 Å². The third kappa shape index (κ3) is 13.3. The molecule has 0 bridgehead atoms. The zero-order valence-corrected chi connectivity index (χ0v) is 13.4. The van der Waals surface area contributed by atoms with Gasteiger partial charge in [0, 0.05) is 18.5 Å². The first-order valence-electron chi connectivity index (χ1n) is 7.36. The van der Waals surface area contributed by atoms with Crippen molar-refractivity contribution in [2.24, 2.45) is 5.41 Å². The fourth-order valence-corrected chi connectivity index (χ4v) is 1.54. The van der Waals surface area contributed by atoms with Gasteiger partial charge in [0.1, 0.15) is 0 Å². The summed E-state index contributed by atoms with van der Waals surface area (Å²) in [6.07, 6.45) is 3.82. The molecule has 2 heteroatoms. The predicted octanol–water partition coefficient (Wildman–Crippen LogP) is 2.75. The summed E-state index contributed by atoms with van der Waals surface area (Å²) < 4.78 is 0. The van der Waals surface area contributed by atoms with Gasteiger partial charge < -0.3 is 5.32 Å². The molecule has 0 saturated heterocycles. The highest BCUT2D eigenvalue weighted by Gasteiger charge is 2.03. The van der Waals surface area contributed by atoms with Crippen LogP contribution in [0.15, 0.2) is 0 Å². The molecule has 0 aromatic heterocycles. The normalized spacial score (nSPS) is 10.6. The van der Waals surface area contributed by atoms with Crippen molar-refractivity contribution in [3.63, 3.8) is 0 Å². The van der Waals surface area contributed by atoms with Crippen LogP contribution in [0.1, 0.15) is 47.0 Å². The largest absolute Gasteiger partial charge is 0.318 e. The first-order valence-corrected chi connectivity index (χ1v) is 7.36. The summed E-state index contributed by atoms with van der Waals surface area (Å²) >= 11 is 0. The van der Waals surface area contributed by atoms with Gasteiger partial charge in [-0.1, -0.05) is 31.6 Å². The molecule has 0 fully saturated rings. The number of nitrogens with one attached hydrogen (secondary N) is 1. The highest BCUT2D eigenvalue weighted by atomic mass is 15.1. The molecule has 1 N–H and O–H groups in total. The SMILES string of the molecule is CCCCCN(CC#CC#CC(C)(C)C)CCNC. The van der Waals surface area contributed by atoms with Crippen molar-refractivity contribution in [1.29, 1.82) is 0 Å². The molecule has 108 valence electrons. The van der Waals surface area contributed by atoms with Gasteiger partial charge in [0.05, 0.1) is 6.54 Å². The molecule has 0 aromatic carbocycles. The number of nitrogens with zero attached hydrogens (tertiary/aromatic N) is 1. The van der Waals surface area contributed by atoms with E-state index >= 15 is 0 Å². The molecule has 0 aromatic rings. The van der Waals surface area contributed by atoms with Crippen molar-refractivity contribution in [2.45, 2.75) is 47.0 Å². The number of unbranched alkanes of at least 4 members (excludes halogenated alkanes) is 2. The van der Waals surface area contributed by atoms with Crippen LogP contribution < -0.4 is 5.32 Å². The van der Waals surface area contributed by atoms with Gasteiger partial charge in [-0.3, -0.25) is 4.90 Å². The van der Waals surface area contributed by atoms with Gasteiger partial charge in [0.25, 0.3) is 0 Å². The Labute approximate surface area is 120 Å². The molecular weight excluding hydrogens is 232 g/mol. The minimum Gasteiger partial charge on any atom is -0.318 e. The van der Waals surface area contributed by atoms with Crippen LogP contribution >= 0.6 is 0 Å². The molecule has 0 amide bonds. The summed E-state index contributed by atoms with van der Waals surface area (Å²) in [6.45, 7) is 12.6. The molecule has 0 saturated carbocycles. The number of hydrogen-bond donors (Lipinski definition) is 1. The highest BCUT2D eigenvalue weighted by Crippen LogP contribution is 2.09. The molecule has 19 heavy (non-hydrogen) atoms. The van der Waals surface area contributed by atoms with Gasteiger partial charge >= 0.3 is 0 Å². The van der Waals surface area contributed by atoms with E-state index in [9.17, 15) is 0 Å². The average Bonchev–Trinajstić information content (AvgIpc) is 2.33. The Balaban J connectivity index is 4.15. The molecule has 0 aliphatic rings. The van der Waals surface area contributed by atoms with Gasteiger partial charge in [0.2, 0.25) is 0 Å².